The van der Waals surface area contributed by atoms with E-state index in [9.17, 15) is 19.2 Å². The number of nitrogens with one attached hydrogen (secondary N) is 3. The summed E-state index contributed by atoms with van der Waals surface area (Å²) in [5, 5.41) is 16.8. The maximum Gasteiger partial charge on any atom is 0.408 e. The van der Waals surface area contributed by atoms with Gasteiger partial charge < -0.3 is 25.8 Å². The number of carboxylic acid groups (broad SMARTS) is 1. The van der Waals surface area contributed by atoms with E-state index in [1.807, 2.05) is 74.5 Å². The monoisotopic (exact) mass is 483 g/mol. The Labute approximate surface area is 205 Å². The fraction of sp³-hybridized carbons (Fsp3) is 0.385. The average Bonchev–Trinajstić information content (AvgIpc) is 2.82. The lowest BCUT2D eigenvalue weighted by molar-refractivity contribution is -0.141. The number of benzene rings is 2. The van der Waals surface area contributed by atoms with E-state index in [2.05, 4.69) is 16.0 Å². The maximum absolute atomic E-state index is 13.2. The summed E-state index contributed by atoms with van der Waals surface area (Å²) in [6.45, 7) is 5.15. The fourth-order valence-corrected chi connectivity index (χ4v) is 3.32. The van der Waals surface area contributed by atoms with Gasteiger partial charge in [0.15, 0.2) is 0 Å². The third kappa shape index (κ3) is 9.87. The number of carbonyl (C=O) groups excluding carboxylic acids is 3. The lowest BCUT2D eigenvalue weighted by Gasteiger charge is -2.25. The lowest BCUT2D eigenvalue weighted by Crippen LogP contribution is -2.56. The van der Waals surface area contributed by atoms with Crippen LogP contribution in [0.25, 0.3) is 0 Å². The van der Waals surface area contributed by atoms with E-state index in [0.717, 1.165) is 11.1 Å². The van der Waals surface area contributed by atoms with Crippen molar-refractivity contribution >= 4 is 23.9 Å². The minimum absolute atomic E-state index is 0.0395. The Balaban J connectivity index is 2.12. The van der Waals surface area contributed by atoms with E-state index >= 15 is 0 Å². The van der Waals surface area contributed by atoms with Crippen molar-refractivity contribution in [1.29, 1.82) is 0 Å². The van der Waals surface area contributed by atoms with Crippen molar-refractivity contribution in [1.82, 2.24) is 16.0 Å². The number of hydrogen-bond donors (Lipinski definition) is 4. The highest BCUT2D eigenvalue weighted by Gasteiger charge is 2.29. The first-order chi connectivity index (χ1) is 16.7. The number of ether oxygens (including phenoxy) is 1. The number of hydrogen-bond acceptors (Lipinski definition) is 5. The molecule has 2 rings (SSSR count). The smallest absolute Gasteiger partial charge is 0.408 e. The van der Waals surface area contributed by atoms with Crippen LogP contribution in [0.2, 0.25) is 0 Å². The summed E-state index contributed by atoms with van der Waals surface area (Å²) in [4.78, 5) is 49.5. The van der Waals surface area contributed by atoms with Crippen LogP contribution in [0.5, 0.6) is 0 Å². The lowest BCUT2D eigenvalue weighted by atomic mass is 10.0. The van der Waals surface area contributed by atoms with Gasteiger partial charge in [-0.25, -0.2) is 4.79 Å². The van der Waals surface area contributed by atoms with E-state index in [0.29, 0.717) is 6.42 Å². The quantitative estimate of drug-likeness (QED) is 0.367. The van der Waals surface area contributed by atoms with Gasteiger partial charge in [-0.2, -0.15) is 0 Å². The summed E-state index contributed by atoms with van der Waals surface area (Å²) in [6, 6.07) is 15.2. The highest BCUT2D eigenvalue weighted by Crippen LogP contribution is 2.09. The Hall–Kier alpha value is -3.88. The molecule has 0 fully saturated rings. The predicted molar refractivity (Wildman–Crippen MR) is 130 cm³/mol. The molecule has 0 unspecified atom stereocenters. The Morgan fingerprint density at radius 2 is 1.31 bits per heavy atom. The highest BCUT2D eigenvalue weighted by molar-refractivity contribution is 5.92. The zero-order valence-corrected chi connectivity index (χ0v) is 20.2. The van der Waals surface area contributed by atoms with Crippen LogP contribution in [-0.2, 0) is 32.1 Å². The van der Waals surface area contributed by atoms with Crippen molar-refractivity contribution in [3.8, 4) is 0 Å². The average molecular weight is 484 g/mol. The van der Waals surface area contributed by atoms with Crippen molar-refractivity contribution in [2.45, 2.75) is 58.3 Å². The van der Waals surface area contributed by atoms with Crippen LogP contribution in [0.4, 0.5) is 4.79 Å². The van der Waals surface area contributed by atoms with Crippen LogP contribution in [0.1, 0.15) is 38.3 Å². The van der Waals surface area contributed by atoms with Crippen molar-refractivity contribution in [2.24, 2.45) is 5.92 Å². The molecule has 0 spiro atoms. The van der Waals surface area contributed by atoms with E-state index in [-0.39, 0.29) is 18.9 Å². The molecule has 0 bridgehead atoms. The summed E-state index contributed by atoms with van der Waals surface area (Å²) in [6.07, 6.45) is -0.302. The summed E-state index contributed by atoms with van der Waals surface area (Å²) in [5.74, 6) is -2.32. The first-order valence-corrected chi connectivity index (χ1v) is 11.5. The van der Waals surface area contributed by atoms with Gasteiger partial charge in [0.05, 0.1) is 0 Å². The van der Waals surface area contributed by atoms with Gasteiger partial charge in [0.25, 0.3) is 0 Å². The number of carbonyl (C=O) groups is 4. The molecular weight excluding hydrogens is 450 g/mol. The summed E-state index contributed by atoms with van der Waals surface area (Å²) in [7, 11) is 0. The molecule has 0 aliphatic carbocycles. The van der Waals surface area contributed by atoms with E-state index in [1.54, 1.807) is 0 Å². The fourth-order valence-electron chi connectivity index (χ4n) is 3.32. The van der Waals surface area contributed by atoms with Crippen molar-refractivity contribution in [2.75, 3.05) is 0 Å². The van der Waals surface area contributed by atoms with Gasteiger partial charge in [-0.3, -0.25) is 14.4 Å². The second-order valence-electron chi connectivity index (χ2n) is 8.71. The third-order valence-electron chi connectivity index (χ3n) is 5.17. The number of alkyl carbamates (subject to hydrolysis) is 1. The molecule has 2 aromatic rings. The first kappa shape index (κ1) is 27.4. The van der Waals surface area contributed by atoms with Crippen LogP contribution < -0.4 is 16.0 Å². The molecular formula is C26H33N3O6. The van der Waals surface area contributed by atoms with Crippen LogP contribution in [0.15, 0.2) is 60.7 Å². The van der Waals surface area contributed by atoms with E-state index < -0.39 is 42.0 Å². The molecule has 4 N–H and O–H groups in total. The number of carboxylic acids is 1. The number of aliphatic carboxylic acids is 1. The van der Waals surface area contributed by atoms with Gasteiger partial charge in [0.2, 0.25) is 11.8 Å². The molecule has 35 heavy (non-hydrogen) atoms. The van der Waals surface area contributed by atoms with Crippen molar-refractivity contribution in [3.63, 3.8) is 0 Å². The Kier molecular flexibility index (Phi) is 10.7. The molecule has 0 radical (unpaired) electrons. The Bertz CT molecular complexity index is 981. The van der Waals surface area contributed by atoms with Gasteiger partial charge in [-0.05, 0) is 30.4 Å². The van der Waals surface area contributed by atoms with Gasteiger partial charge in [-0.15, -0.1) is 0 Å². The third-order valence-corrected chi connectivity index (χ3v) is 5.17. The molecule has 0 saturated carbocycles. The molecule has 9 heteroatoms. The van der Waals surface area contributed by atoms with Gasteiger partial charge in [0.1, 0.15) is 24.7 Å². The standard InChI is InChI=1S/C26H33N3O6/c1-17(2)14-21(23(30)27-18(3)25(32)33)28-24(31)22(15-19-10-6-4-7-11-19)29-26(34)35-16-20-12-8-5-9-13-20/h4-13,17-18,21-22H,14-16H2,1-3H3,(H,27,30)(H,28,31)(H,29,34)(H,32,33)/t18-,21-,22-/m0/s1. The summed E-state index contributed by atoms with van der Waals surface area (Å²) >= 11 is 0. The van der Waals surface area contributed by atoms with E-state index in [4.69, 9.17) is 9.84 Å². The molecule has 3 amide bonds. The van der Waals surface area contributed by atoms with Crippen LogP contribution >= 0.6 is 0 Å². The Morgan fingerprint density at radius 1 is 0.771 bits per heavy atom. The summed E-state index contributed by atoms with van der Waals surface area (Å²) < 4.78 is 5.27. The number of amides is 3. The minimum Gasteiger partial charge on any atom is -0.480 e. The first-order valence-electron chi connectivity index (χ1n) is 11.5. The van der Waals surface area contributed by atoms with E-state index in [1.165, 1.54) is 6.92 Å². The largest absolute Gasteiger partial charge is 0.480 e. The highest BCUT2D eigenvalue weighted by atomic mass is 16.5. The molecule has 2 aromatic carbocycles. The van der Waals surface area contributed by atoms with Crippen molar-refractivity contribution < 1.29 is 29.0 Å². The van der Waals surface area contributed by atoms with Crippen LogP contribution in [0.3, 0.4) is 0 Å². The maximum atomic E-state index is 13.2. The van der Waals surface area contributed by atoms with Crippen molar-refractivity contribution in [3.05, 3.63) is 71.8 Å². The molecule has 3 atom stereocenters. The zero-order chi connectivity index (χ0) is 25.8. The minimum atomic E-state index is -1.18. The molecule has 0 heterocycles. The zero-order valence-electron chi connectivity index (χ0n) is 20.2. The molecule has 9 nitrogen and oxygen atoms in total. The predicted octanol–water partition coefficient (Wildman–Crippen LogP) is 2.64. The second kappa shape index (κ2) is 13.7. The molecule has 0 aliphatic heterocycles. The molecule has 0 aromatic heterocycles. The molecule has 188 valence electrons. The van der Waals surface area contributed by atoms with Crippen LogP contribution in [0, 0.1) is 5.92 Å². The SMILES string of the molecule is CC(C)C[C@H](NC(=O)[C@H](Cc1ccccc1)NC(=O)OCc1ccccc1)C(=O)N[C@@H](C)C(=O)O. The second-order valence-corrected chi connectivity index (χ2v) is 8.71. The summed E-state index contributed by atoms with van der Waals surface area (Å²) in [5.41, 5.74) is 1.60. The Morgan fingerprint density at radius 3 is 1.86 bits per heavy atom. The van der Waals surface area contributed by atoms with Gasteiger partial charge in [0, 0.05) is 6.42 Å². The van der Waals surface area contributed by atoms with Gasteiger partial charge in [-0.1, -0.05) is 74.5 Å². The molecule has 0 aliphatic rings. The van der Waals surface area contributed by atoms with Crippen LogP contribution in [-0.4, -0.2) is 47.1 Å². The number of rotatable bonds is 12. The topological polar surface area (TPSA) is 134 Å². The molecule has 0 saturated heterocycles. The van der Waals surface area contributed by atoms with Gasteiger partial charge >= 0.3 is 12.1 Å². The normalized spacial score (nSPS) is 13.3.